The molecular formula is C8H11BrClN3O. The molecule has 78 valence electrons. The number of aromatic nitrogens is 2. The van der Waals surface area contributed by atoms with Gasteiger partial charge >= 0.3 is 0 Å². The van der Waals surface area contributed by atoms with E-state index in [0.29, 0.717) is 19.1 Å². The fourth-order valence-corrected chi connectivity index (χ4v) is 1.25. The molecule has 1 N–H and O–H groups in total. The molecule has 0 radical (unpaired) electrons. The highest BCUT2D eigenvalue weighted by atomic mass is 79.9. The van der Waals surface area contributed by atoms with Gasteiger partial charge < -0.3 is 10.1 Å². The third-order valence-electron chi connectivity index (χ3n) is 1.45. The fraction of sp³-hybridized carbons (Fsp3) is 0.500. The average Bonchev–Trinajstić information content (AvgIpc) is 2.17. The topological polar surface area (TPSA) is 47.0 Å². The molecule has 0 aliphatic rings. The smallest absolute Gasteiger partial charge is 0.222 e. The van der Waals surface area contributed by atoms with Crippen LogP contribution in [0.1, 0.15) is 0 Å². The van der Waals surface area contributed by atoms with Gasteiger partial charge in [-0.2, -0.15) is 0 Å². The molecule has 1 rings (SSSR count). The Kier molecular flexibility index (Phi) is 5.14. The van der Waals surface area contributed by atoms with Gasteiger partial charge in [0, 0.05) is 26.0 Å². The van der Waals surface area contributed by atoms with E-state index in [2.05, 4.69) is 31.2 Å². The van der Waals surface area contributed by atoms with Crippen molar-refractivity contribution in [3.8, 4) is 0 Å². The average molecular weight is 281 g/mol. The zero-order valence-electron chi connectivity index (χ0n) is 7.70. The van der Waals surface area contributed by atoms with Gasteiger partial charge in [0.2, 0.25) is 5.95 Å². The minimum atomic E-state index is -0.0766. The van der Waals surface area contributed by atoms with Crippen molar-refractivity contribution in [3.05, 3.63) is 16.9 Å². The van der Waals surface area contributed by atoms with Gasteiger partial charge in [0.05, 0.1) is 16.5 Å². The maximum Gasteiger partial charge on any atom is 0.222 e. The van der Waals surface area contributed by atoms with Crippen molar-refractivity contribution in [3.63, 3.8) is 0 Å². The summed E-state index contributed by atoms with van der Waals surface area (Å²) in [5.74, 6) is 0.565. The van der Waals surface area contributed by atoms with E-state index in [0.717, 1.165) is 4.47 Å². The first kappa shape index (κ1) is 11.7. The van der Waals surface area contributed by atoms with E-state index in [1.54, 1.807) is 19.5 Å². The maximum absolute atomic E-state index is 5.91. The zero-order valence-corrected chi connectivity index (χ0v) is 10.0. The Balaban J connectivity index is 2.34. The van der Waals surface area contributed by atoms with Crippen molar-refractivity contribution in [2.24, 2.45) is 0 Å². The fourth-order valence-electron chi connectivity index (χ4n) is 0.845. The van der Waals surface area contributed by atoms with Crippen molar-refractivity contribution in [2.75, 3.05) is 25.6 Å². The minimum absolute atomic E-state index is 0.0766. The van der Waals surface area contributed by atoms with Gasteiger partial charge in [0.1, 0.15) is 0 Å². The molecule has 6 heteroatoms. The summed E-state index contributed by atoms with van der Waals surface area (Å²) in [7, 11) is 1.62. The Morgan fingerprint density at radius 1 is 1.57 bits per heavy atom. The van der Waals surface area contributed by atoms with Crippen LogP contribution in [0.5, 0.6) is 0 Å². The summed E-state index contributed by atoms with van der Waals surface area (Å²) in [5, 5.41) is 2.92. The van der Waals surface area contributed by atoms with Crippen LogP contribution in [0.2, 0.25) is 0 Å². The Hall–Kier alpha value is -0.390. The van der Waals surface area contributed by atoms with Crippen molar-refractivity contribution in [1.82, 2.24) is 9.97 Å². The van der Waals surface area contributed by atoms with Gasteiger partial charge in [-0.1, -0.05) is 0 Å². The van der Waals surface area contributed by atoms with Gasteiger partial charge in [0.25, 0.3) is 0 Å². The molecule has 0 saturated heterocycles. The number of nitrogens with zero attached hydrogens (tertiary/aromatic N) is 2. The van der Waals surface area contributed by atoms with Crippen LogP contribution in [0, 0.1) is 0 Å². The molecule has 1 atom stereocenters. The lowest BCUT2D eigenvalue weighted by molar-refractivity contribution is 0.200. The zero-order chi connectivity index (χ0) is 10.4. The molecule has 0 bridgehead atoms. The molecule has 1 unspecified atom stereocenters. The van der Waals surface area contributed by atoms with Crippen molar-refractivity contribution < 1.29 is 4.74 Å². The Morgan fingerprint density at radius 3 is 2.79 bits per heavy atom. The maximum atomic E-state index is 5.91. The number of alkyl halides is 1. The Morgan fingerprint density at radius 2 is 2.21 bits per heavy atom. The summed E-state index contributed by atoms with van der Waals surface area (Å²) < 4.78 is 5.74. The highest BCUT2D eigenvalue weighted by Crippen LogP contribution is 2.07. The Bertz CT molecular complexity index is 270. The number of anilines is 1. The van der Waals surface area contributed by atoms with Gasteiger partial charge in [-0.05, 0) is 15.9 Å². The SMILES string of the molecule is COCC(Cl)CNc1ncc(Br)cn1. The van der Waals surface area contributed by atoms with Gasteiger partial charge in [-0.25, -0.2) is 9.97 Å². The van der Waals surface area contributed by atoms with Gasteiger partial charge in [-0.3, -0.25) is 0 Å². The summed E-state index contributed by atoms with van der Waals surface area (Å²) in [6.07, 6.45) is 3.35. The summed E-state index contributed by atoms with van der Waals surface area (Å²) in [4.78, 5) is 8.08. The second kappa shape index (κ2) is 6.16. The summed E-state index contributed by atoms with van der Waals surface area (Å²) in [6.45, 7) is 1.09. The number of nitrogens with one attached hydrogen (secondary N) is 1. The van der Waals surface area contributed by atoms with Crippen LogP contribution in [0.25, 0.3) is 0 Å². The van der Waals surface area contributed by atoms with Crippen molar-refractivity contribution in [2.45, 2.75) is 5.38 Å². The largest absolute Gasteiger partial charge is 0.383 e. The molecule has 4 nitrogen and oxygen atoms in total. The van der Waals surface area contributed by atoms with Crippen LogP contribution in [0.4, 0.5) is 5.95 Å². The number of hydrogen-bond acceptors (Lipinski definition) is 4. The summed E-state index contributed by atoms with van der Waals surface area (Å²) in [5.41, 5.74) is 0. The molecule has 1 heterocycles. The predicted molar refractivity (Wildman–Crippen MR) is 59.7 cm³/mol. The standard InChI is InChI=1S/C8H11BrClN3O/c1-14-5-7(10)4-13-8-11-2-6(9)3-12-8/h2-3,7H,4-5H2,1H3,(H,11,12,13). The Labute approximate surface area is 96.2 Å². The van der Waals surface area contributed by atoms with E-state index in [1.807, 2.05) is 0 Å². The lowest BCUT2D eigenvalue weighted by Crippen LogP contribution is -2.19. The molecule has 0 spiro atoms. The van der Waals surface area contributed by atoms with E-state index in [-0.39, 0.29) is 5.38 Å². The molecule has 0 aromatic carbocycles. The lowest BCUT2D eigenvalue weighted by atomic mass is 10.4. The second-order valence-electron chi connectivity index (χ2n) is 2.66. The van der Waals surface area contributed by atoms with Crippen LogP contribution in [-0.4, -0.2) is 35.6 Å². The van der Waals surface area contributed by atoms with E-state index < -0.39 is 0 Å². The third kappa shape index (κ3) is 4.21. The van der Waals surface area contributed by atoms with Crippen LogP contribution >= 0.6 is 27.5 Å². The molecule has 1 aromatic heterocycles. The molecule has 0 aliphatic carbocycles. The molecule has 0 fully saturated rings. The van der Waals surface area contributed by atoms with E-state index in [4.69, 9.17) is 16.3 Å². The molecule has 0 amide bonds. The van der Waals surface area contributed by atoms with E-state index in [9.17, 15) is 0 Å². The number of hydrogen-bond donors (Lipinski definition) is 1. The van der Waals surface area contributed by atoms with Crippen LogP contribution in [0.3, 0.4) is 0 Å². The summed E-state index contributed by atoms with van der Waals surface area (Å²) >= 11 is 9.16. The van der Waals surface area contributed by atoms with Gasteiger partial charge in [-0.15, -0.1) is 11.6 Å². The van der Waals surface area contributed by atoms with Crippen LogP contribution < -0.4 is 5.32 Å². The summed E-state index contributed by atoms with van der Waals surface area (Å²) in [6, 6.07) is 0. The monoisotopic (exact) mass is 279 g/mol. The number of ether oxygens (including phenoxy) is 1. The molecule has 14 heavy (non-hydrogen) atoms. The first-order valence-electron chi connectivity index (χ1n) is 4.07. The van der Waals surface area contributed by atoms with Gasteiger partial charge in [0.15, 0.2) is 0 Å². The first-order valence-corrected chi connectivity index (χ1v) is 5.29. The number of halogens is 2. The molecule has 0 saturated carbocycles. The number of rotatable bonds is 5. The normalized spacial score (nSPS) is 12.5. The highest BCUT2D eigenvalue weighted by Gasteiger charge is 2.04. The molecule has 1 aromatic rings. The predicted octanol–water partition coefficient (Wildman–Crippen LogP) is 1.90. The molecule has 0 aliphatic heterocycles. The first-order chi connectivity index (χ1) is 6.72. The third-order valence-corrected chi connectivity index (χ3v) is 2.14. The quantitative estimate of drug-likeness (QED) is 0.837. The second-order valence-corrected chi connectivity index (χ2v) is 4.19. The lowest BCUT2D eigenvalue weighted by Gasteiger charge is -2.09. The van der Waals surface area contributed by atoms with Crippen molar-refractivity contribution in [1.29, 1.82) is 0 Å². The molecular weight excluding hydrogens is 269 g/mol. The van der Waals surface area contributed by atoms with E-state index in [1.165, 1.54) is 0 Å². The van der Waals surface area contributed by atoms with Crippen LogP contribution in [-0.2, 0) is 4.74 Å². The minimum Gasteiger partial charge on any atom is -0.383 e. The highest BCUT2D eigenvalue weighted by molar-refractivity contribution is 9.10. The van der Waals surface area contributed by atoms with Crippen molar-refractivity contribution >= 4 is 33.5 Å². The van der Waals surface area contributed by atoms with Crippen LogP contribution in [0.15, 0.2) is 16.9 Å². The number of methoxy groups -OCH3 is 1. The van der Waals surface area contributed by atoms with E-state index >= 15 is 0 Å².